The van der Waals surface area contributed by atoms with Crippen molar-refractivity contribution in [3.8, 4) is 0 Å². The van der Waals surface area contributed by atoms with Gasteiger partial charge in [0, 0.05) is 17.6 Å². The van der Waals surface area contributed by atoms with Gasteiger partial charge in [0.15, 0.2) is 0 Å². The van der Waals surface area contributed by atoms with Crippen LogP contribution in [0.1, 0.15) is 18.4 Å². The average molecular weight is 199 g/mol. The lowest BCUT2D eigenvalue weighted by molar-refractivity contribution is 0.218. The van der Waals surface area contributed by atoms with E-state index in [-0.39, 0.29) is 0 Å². The van der Waals surface area contributed by atoms with Gasteiger partial charge in [0.2, 0.25) is 0 Å². The molecule has 0 aromatic heterocycles. The van der Waals surface area contributed by atoms with Crippen molar-refractivity contribution in [3.63, 3.8) is 0 Å². The SMILES string of the molecule is Cc1ccccc1NC1CC2CC=CC21. The van der Waals surface area contributed by atoms with Crippen molar-refractivity contribution < 1.29 is 0 Å². The number of nitrogens with one attached hydrogen (secondary N) is 1. The normalized spacial score (nSPS) is 32.2. The molecule has 78 valence electrons. The molecule has 1 aromatic rings. The van der Waals surface area contributed by atoms with Gasteiger partial charge >= 0.3 is 0 Å². The first-order chi connectivity index (χ1) is 7.34. The van der Waals surface area contributed by atoms with E-state index in [9.17, 15) is 0 Å². The molecule has 3 unspecified atom stereocenters. The van der Waals surface area contributed by atoms with Crippen LogP contribution in [0.3, 0.4) is 0 Å². The minimum atomic E-state index is 0.676. The Morgan fingerprint density at radius 2 is 2.13 bits per heavy atom. The third-order valence-electron chi connectivity index (χ3n) is 3.85. The molecule has 2 aliphatic carbocycles. The predicted octanol–water partition coefficient (Wildman–Crippen LogP) is 3.37. The fourth-order valence-electron chi connectivity index (χ4n) is 2.82. The Kier molecular flexibility index (Phi) is 2.05. The largest absolute Gasteiger partial charge is 0.381 e. The number of allylic oxidation sites excluding steroid dienone is 1. The molecule has 1 saturated carbocycles. The van der Waals surface area contributed by atoms with Crippen LogP contribution in [-0.4, -0.2) is 6.04 Å². The van der Waals surface area contributed by atoms with E-state index in [0.29, 0.717) is 6.04 Å². The Hall–Kier alpha value is -1.24. The number of hydrogen-bond acceptors (Lipinski definition) is 1. The first-order valence-electron chi connectivity index (χ1n) is 5.83. The number of aryl methyl sites for hydroxylation is 1. The molecular formula is C14H17N. The quantitative estimate of drug-likeness (QED) is 0.720. The summed E-state index contributed by atoms with van der Waals surface area (Å²) in [4.78, 5) is 0. The topological polar surface area (TPSA) is 12.0 Å². The van der Waals surface area contributed by atoms with E-state index < -0.39 is 0 Å². The first-order valence-corrected chi connectivity index (χ1v) is 5.83. The van der Waals surface area contributed by atoms with Crippen LogP contribution in [0.4, 0.5) is 5.69 Å². The first kappa shape index (κ1) is 9.02. The summed E-state index contributed by atoms with van der Waals surface area (Å²) in [6.07, 6.45) is 7.38. The van der Waals surface area contributed by atoms with E-state index in [2.05, 4.69) is 48.7 Å². The van der Waals surface area contributed by atoms with Gasteiger partial charge in [0.1, 0.15) is 0 Å². The minimum absolute atomic E-state index is 0.676. The molecule has 0 aliphatic heterocycles. The highest BCUT2D eigenvalue weighted by Crippen LogP contribution is 2.44. The molecule has 0 radical (unpaired) electrons. The van der Waals surface area contributed by atoms with Gasteiger partial charge in [-0.1, -0.05) is 30.4 Å². The van der Waals surface area contributed by atoms with E-state index in [0.717, 1.165) is 11.8 Å². The Bertz CT molecular complexity index is 394. The fraction of sp³-hybridized carbons (Fsp3) is 0.429. The lowest BCUT2D eigenvalue weighted by Gasteiger charge is -2.41. The van der Waals surface area contributed by atoms with Crippen molar-refractivity contribution in [3.05, 3.63) is 42.0 Å². The maximum absolute atomic E-state index is 3.67. The summed E-state index contributed by atoms with van der Waals surface area (Å²) in [6.45, 7) is 2.17. The molecule has 3 rings (SSSR count). The van der Waals surface area contributed by atoms with Crippen LogP contribution in [0.25, 0.3) is 0 Å². The zero-order valence-corrected chi connectivity index (χ0v) is 9.11. The third kappa shape index (κ3) is 1.46. The highest BCUT2D eigenvalue weighted by molar-refractivity contribution is 5.51. The molecule has 0 bridgehead atoms. The van der Waals surface area contributed by atoms with Gasteiger partial charge in [-0.15, -0.1) is 0 Å². The number of anilines is 1. The van der Waals surface area contributed by atoms with E-state index in [1.165, 1.54) is 24.1 Å². The van der Waals surface area contributed by atoms with E-state index in [1.54, 1.807) is 0 Å². The second-order valence-corrected chi connectivity index (χ2v) is 4.80. The molecule has 1 aromatic carbocycles. The van der Waals surface area contributed by atoms with Crippen molar-refractivity contribution in [2.45, 2.75) is 25.8 Å². The second-order valence-electron chi connectivity index (χ2n) is 4.80. The van der Waals surface area contributed by atoms with Gasteiger partial charge in [0.25, 0.3) is 0 Å². The van der Waals surface area contributed by atoms with Crippen LogP contribution in [-0.2, 0) is 0 Å². The maximum atomic E-state index is 3.67. The minimum Gasteiger partial charge on any atom is -0.381 e. The van der Waals surface area contributed by atoms with Crippen molar-refractivity contribution in [2.75, 3.05) is 5.32 Å². The van der Waals surface area contributed by atoms with Gasteiger partial charge in [-0.3, -0.25) is 0 Å². The van der Waals surface area contributed by atoms with Crippen LogP contribution in [0.5, 0.6) is 0 Å². The highest BCUT2D eigenvalue weighted by Gasteiger charge is 2.40. The summed E-state index contributed by atoms with van der Waals surface area (Å²) in [7, 11) is 0. The second kappa shape index (κ2) is 3.41. The van der Waals surface area contributed by atoms with Crippen molar-refractivity contribution >= 4 is 5.69 Å². The number of hydrogen-bond donors (Lipinski definition) is 1. The zero-order chi connectivity index (χ0) is 10.3. The van der Waals surface area contributed by atoms with Crippen LogP contribution in [0, 0.1) is 18.8 Å². The lowest BCUT2D eigenvalue weighted by atomic mass is 9.71. The predicted molar refractivity (Wildman–Crippen MR) is 63.9 cm³/mol. The molecule has 1 heteroatoms. The van der Waals surface area contributed by atoms with Gasteiger partial charge in [-0.2, -0.15) is 0 Å². The summed E-state index contributed by atoms with van der Waals surface area (Å²) >= 11 is 0. The van der Waals surface area contributed by atoms with Crippen molar-refractivity contribution in [1.82, 2.24) is 0 Å². The summed E-state index contributed by atoms with van der Waals surface area (Å²) in [5, 5.41) is 3.67. The molecule has 15 heavy (non-hydrogen) atoms. The van der Waals surface area contributed by atoms with Crippen LogP contribution >= 0.6 is 0 Å². The van der Waals surface area contributed by atoms with Crippen LogP contribution in [0.15, 0.2) is 36.4 Å². The fourth-order valence-corrected chi connectivity index (χ4v) is 2.82. The average Bonchev–Trinajstić information content (AvgIpc) is 2.59. The van der Waals surface area contributed by atoms with E-state index in [4.69, 9.17) is 0 Å². The summed E-state index contributed by atoms with van der Waals surface area (Å²) in [6, 6.07) is 9.23. The van der Waals surface area contributed by atoms with Gasteiger partial charge < -0.3 is 5.32 Å². The summed E-state index contributed by atoms with van der Waals surface area (Å²) in [5.41, 5.74) is 2.66. The number of benzene rings is 1. The van der Waals surface area contributed by atoms with Gasteiger partial charge in [0.05, 0.1) is 0 Å². The number of para-hydroxylation sites is 1. The Morgan fingerprint density at radius 3 is 2.93 bits per heavy atom. The monoisotopic (exact) mass is 199 g/mol. The third-order valence-corrected chi connectivity index (χ3v) is 3.85. The summed E-state index contributed by atoms with van der Waals surface area (Å²) in [5.74, 6) is 1.73. The van der Waals surface area contributed by atoms with Crippen molar-refractivity contribution in [2.24, 2.45) is 11.8 Å². The lowest BCUT2D eigenvalue weighted by Crippen LogP contribution is -2.43. The van der Waals surface area contributed by atoms with Crippen molar-refractivity contribution in [1.29, 1.82) is 0 Å². The Labute approximate surface area is 91.2 Å². The highest BCUT2D eigenvalue weighted by atomic mass is 15.0. The Balaban J connectivity index is 1.72. The number of rotatable bonds is 2. The maximum Gasteiger partial charge on any atom is 0.0372 e. The molecule has 0 spiro atoms. The number of fused-ring (bicyclic) bond motifs is 1. The molecule has 0 saturated heterocycles. The smallest absolute Gasteiger partial charge is 0.0372 e. The standard InChI is InChI=1S/C14H17N/c1-10-5-2-3-8-13(10)15-14-9-11-6-4-7-12(11)14/h2-5,7-8,11-12,14-15H,6,9H2,1H3. The zero-order valence-electron chi connectivity index (χ0n) is 9.11. The van der Waals surface area contributed by atoms with E-state index >= 15 is 0 Å². The van der Waals surface area contributed by atoms with Crippen LogP contribution in [0.2, 0.25) is 0 Å². The molecule has 0 heterocycles. The molecule has 0 amide bonds. The molecular weight excluding hydrogens is 182 g/mol. The molecule has 3 atom stereocenters. The molecule has 1 fully saturated rings. The molecule has 1 N–H and O–H groups in total. The molecule has 2 aliphatic rings. The van der Waals surface area contributed by atoms with E-state index in [1.807, 2.05) is 0 Å². The van der Waals surface area contributed by atoms with Gasteiger partial charge in [-0.05, 0) is 37.3 Å². The van der Waals surface area contributed by atoms with Crippen LogP contribution < -0.4 is 5.32 Å². The van der Waals surface area contributed by atoms with Gasteiger partial charge in [-0.25, -0.2) is 0 Å². The Morgan fingerprint density at radius 1 is 1.27 bits per heavy atom. The summed E-state index contributed by atoms with van der Waals surface area (Å²) < 4.78 is 0. The molecule has 1 nitrogen and oxygen atoms in total.